The summed E-state index contributed by atoms with van der Waals surface area (Å²) >= 11 is 0. The predicted molar refractivity (Wildman–Crippen MR) is 69.9 cm³/mol. The lowest BCUT2D eigenvalue weighted by atomic mass is 9.89. The molecule has 1 heterocycles. The van der Waals surface area contributed by atoms with Crippen LogP contribution in [0.15, 0.2) is 42.5 Å². The van der Waals surface area contributed by atoms with Crippen molar-refractivity contribution in [2.45, 2.75) is 19.4 Å². The van der Waals surface area contributed by atoms with Gasteiger partial charge in [-0.05, 0) is 24.1 Å². The number of ether oxygens (including phenoxy) is 1. The predicted octanol–water partition coefficient (Wildman–Crippen LogP) is 3.22. The first kappa shape index (κ1) is 11.0. The van der Waals surface area contributed by atoms with Crippen LogP contribution < -0.4 is 4.74 Å². The molecular weight excluding hydrogens is 224 g/mol. The smallest absolute Gasteiger partial charge is 0.132 e. The summed E-state index contributed by atoms with van der Waals surface area (Å²) in [7, 11) is 0. The van der Waals surface area contributed by atoms with Crippen LogP contribution in [0, 0.1) is 6.92 Å². The van der Waals surface area contributed by atoms with E-state index in [1.54, 1.807) is 0 Å². The van der Waals surface area contributed by atoms with E-state index < -0.39 is 0 Å². The quantitative estimate of drug-likeness (QED) is 0.713. The molecule has 0 aliphatic carbocycles. The molecule has 90 valence electrons. The van der Waals surface area contributed by atoms with Gasteiger partial charge in [-0.1, -0.05) is 42.0 Å². The second kappa shape index (κ2) is 4.30. The van der Waals surface area contributed by atoms with Crippen LogP contribution in [0.5, 0.6) is 5.75 Å². The van der Waals surface area contributed by atoms with Gasteiger partial charge in [-0.3, -0.25) is 0 Å². The SMILES string of the molecule is Cc1ccc2c(c1)C(C=O)c1ccccc1CO2. The molecule has 2 aromatic rings. The van der Waals surface area contributed by atoms with Gasteiger partial charge in [0, 0.05) is 5.56 Å². The first-order valence-electron chi connectivity index (χ1n) is 6.06. The lowest BCUT2D eigenvalue weighted by Gasteiger charge is -2.13. The van der Waals surface area contributed by atoms with E-state index in [-0.39, 0.29) is 5.92 Å². The molecule has 2 heteroatoms. The molecule has 0 amide bonds. The number of aldehydes is 1. The monoisotopic (exact) mass is 238 g/mol. The van der Waals surface area contributed by atoms with Gasteiger partial charge in [0.1, 0.15) is 18.6 Å². The summed E-state index contributed by atoms with van der Waals surface area (Å²) in [6.45, 7) is 2.55. The zero-order valence-electron chi connectivity index (χ0n) is 10.2. The van der Waals surface area contributed by atoms with Crippen molar-refractivity contribution >= 4 is 6.29 Å². The molecule has 1 atom stereocenters. The molecule has 0 aromatic heterocycles. The van der Waals surface area contributed by atoms with E-state index in [4.69, 9.17) is 4.74 Å². The van der Waals surface area contributed by atoms with Crippen molar-refractivity contribution in [3.8, 4) is 5.75 Å². The summed E-state index contributed by atoms with van der Waals surface area (Å²) in [5.74, 6) is 0.590. The number of carbonyl (C=O) groups excluding carboxylic acids is 1. The zero-order valence-corrected chi connectivity index (χ0v) is 10.2. The summed E-state index contributed by atoms with van der Waals surface area (Å²) < 4.78 is 5.80. The highest BCUT2D eigenvalue weighted by Crippen LogP contribution is 2.36. The molecule has 0 saturated heterocycles. The average Bonchev–Trinajstić information content (AvgIpc) is 2.54. The number of carbonyl (C=O) groups is 1. The van der Waals surface area contributed by atoms with Crippen LogP contribution in [0.2, 0.25) is 0 Å². The maximum Gasteiger partial charge on any atom is 0.132 e. The van der Waals surface area contributed by atoms with Gasteiger partial charge in [0.05, 0.1) is 5.92 Å². The molecule has 0 N–H and O–H groups in total. The van der Waals surface area contributed by atoms with Crippen LogP contribution in [0.1, 0.15) is 28.2 Å². The lowest BCUT2D eigenvalue weighted by molar-refractivity contribution is -0.108. The van der Waals surface area contributed by atoms with Gasteiger partial charge < -0.3 is 9.53 Å². The van der Waals surface area contributed by atoms with Crippen LogP contribution in [0.25, 0.3) is 0 Å². The Morgan fingerprint density at radius 2 is 2.00 bits per heavy atom. The third-order valence-corrected chi connectivity index (χ3v) is 3.41. The number of fused-ring (bicyclic) bond motifs is 2. The Kier molecular flexibility index (Phi) is 2.63. The normalized spacial score (nSPS) is 17.1. The molecule has 0 spiro atoms. The van der Waals surface area contributed by atoms with E-state index in [1.165, 1.54) is 0 Å². The van der Waals surface area contributed by atoms with E-state index >= 15 is 0 Å². The van der Waals surface area contributed by atoms with Crippen LogP contribution in [0.3, 0.4) is 0 Å². The van der Waals surface area contributed by atoms with Gasteiger partial charge in [0.15, 0.2) is 0 Å². The molecule has 1 unspecified atom stereocenters. The zero-order chi connectivity index (χ0) is 12.5. The van der Waals surface area contributed by atoms with Crippen molar-refractivity contribution in [2.24, 2.45) is 0 Å². The van der Waals surface area contributed by atoms with E-state index in [9.17, 15) is 4.79 Å². The number of hydrogen-bond donors (Lipinski definition) is 0. The molecule has 0 fully saturated rings. The first-order valence-corrected chi connectivity index (χ1v) is 6.06. The lowest BCUT2D eigenvalue weighted by Crippen LogP contribution is -2.03. The summed E-state index contributed by atoms with van der Waals surface area (Å²) in [5, 5.41) is 0. The number of benzene rings is 2. The maximum absolute atomic E-state index is 11.5. The highest BCUT2D eigenvalue weighted by atomic mass is 16.5. The van der Waals surface area contributed by atoms with Gasteiger partial charge in [0.25, 0.3) is 0 Å². The Morgan fingerprint density at radius 1 is 1.17 bits per heavy atom. The van der Waals surface area contributed by atoms with E-state index in [0.29, 0.717) is 6.61 Å². The Hall–Kier alpha value is -2.09. The molecule has 1 aliphatic rings. The van der Waals surface area contributed by atoms with Crippen LogP contribution in [-0.2, 0) is 11.4 Å². The van der Waals surface area contributed by atoms with Gasteiger partial charge >= 0.3 is 0 Å². The topological polar surface area (TPSA) is 26.3 Å². The van der Waals surface area contributed by atoms with Crippen molar-refractivity contribution in [3.63, 3.8) is 0 Å². The molecular formula is C16H14O2. The average molecular weight is 238 g/mol. The molecule has 1 aliphatic heterocycles. The molecule has 0 bridgehead atoms. The first-order chi connectivity index (χ1) is 8.79. The third-order valence-electron chi connectivity index (χ3n) is 3.41. The second-order valence-corrected chi connectivity index (χ2v) is 4.64. The van der Waals surface area contributed by atoms with Crippen LogP contribution in [-0.4, -0.2) is 6.29 Å². The number of rotatable bonds is 1. The number of hydrogen-bond acceptors (Lipinski definition) is 2. The van der Waals surface area contributed by atoms with E-state index in [0.717, 1.165) is 34.3 Å². The molecule has 18 heavy (non-hydrogen) atoms. The minimum Gasteiger partial charge on any atom is -0.489 e. The Morgan fingerprint density at radius 3 is 2.83 bits per heavy atom. The van der Waals surface area contributed by atoms with Crippen molar-refractivity contribution in [3.05, 3.63) is 64.7 Å². The molecule has 0 radical (unpaired) electrons. The molecule has 2 nitrogen and oxygen atoms in total. The second-order valence-electron chi connectivity index (χ2n) is 4.64. The summed E-state index contributed by atoms with van der Waals surface area (Å²) in [4.78, 5) is 11.5. The van der Waals surface area contributed by atoms with Crippen LogP contribution in [0.4, 0.5) is 0 Å². The molecule has 0 saturated carbocycles. The summed E-state index contributed by atoms with van der Waals surface area (Å²) in [5.41, 5.74) is 4.25. The highest BCUT2D eigenvalue weighted by Gasteiger charge is 2.23. The fraction of sp³-hybridized carbons (Fsp3) is 0.188. The van der Waals surface area contributed by atoms with Crippen molar-refractivity contribution in [2.75, 3.05) is 0 Å². The summed E-state index contributed by atoms with van der Waals surface area (Å²) in [6.07, 6.45) is 1.01. The highest BCUT2D eigenvalue weighted by molar-refractivity contribution is 5.72. The molecule has 2 aromatic carbocycles. The third kappa shape index (κ3) is 1.70. The maximum atomic E-state index is 11.5. The Balaban J connectivity index is 2.23. The van der Waals surface area contributed by atoms with Crippen LogP contribution >= 0.6 is 0 Å². The van der Waals surface area contributed by atoms with Gasteiger partial charge in [-0.25, -0.2) is 0 Å². The fourth-order valence-electron chi connectivity index (χ4n) is 2.48. The van der Waals surface area contributed by atoms with Crippen molar-refractivity contribution in [1.29, 1.82) is 0 Å². The largest absolute Gasteiger partial charge is 0.489 e. The number of aryl methyl sites for hydroxylation is 1. The Bertz CT molecular complexity index is 602. The minimum atomic E-state index is -0.224. The van der Waals surface area contributed by atoms with E-state index in [1.807, 2.05) is 49.4 Å². The van der Waals surface area contributed by atoms with E-state index in [2.05, 4.69) is 0 Å². The standard InChI is InChI=1S/C16H14O2/c1-11-6-7-16-14(8-11)15(9-17)13-5-3-2-4-12(13)10-18-16/h2-9,15H,10H2,1H3. The summed E-state index contributed by atoms with van der Waals surface area (Å²) in [6, 6.07) is 14.0. The molecule has 3 rings (SSSR count). The van der Waals surface area contributed by atoms with Gasteiger partial charge in [-0.15, -0.1) is 0 Å². The van der Waals surface area contributed by atoms with Crippen molar-refractivity contribution in [1.82, 2.24) is 0 Å². The van der Waals surface area contributed by atoms with Gasteiger partial charge in [0.2, 0.25) is 0 Å². The minimum absolute atomic E-state index is 0.224. The van der Waals surface area contributed by atoms with Crippen molar-refractivity contribution < 1.29 is 9.53 Å². The van der Waals surface area contributed by atoms with Gasteiger partial charge in [-0.2, -0.15) is 0 Å². The Labute approximate surface area is 106 Å². The fourth-order valence-corrected chi connectivity index (χ4v) is 2.48.